The summed E-state index contributed by atoms with van der Waals surface area (Å²) in [4.78, 5) is 27.5. The maximum absolute atomic E-state index is 11.6. The van der Waals surface area contributed by atoms with Gasteiger partial charge in [-0.15, -0.1) is 0 Å². The van der Waals surface area contributed by atoms with Crippen molar-refractivity contribution in [3.63, 3.8) is 0 Å². The normalized spacial score (nSPS) is 26.2. The number of nitrogens with zero attached hydrogens (tertiary/aromatic N) is 5. The number of amides is 1. The average molecular weight is 509 g/mol. The van der Waals surface area contributed by atoms with Crippen LogP contribution in [-0.2, 0) is 0 Å². The van der Waals surface area contributed by atoms with E-state index >= 15 is 0 Å². The van der Waals surface area contributed by atoms with E-state index in [1.165, 1.54) is 19.3 Å². The number of benzene rings is 1. The zero-order valence-corrected chi connectivity index (χ0v) is 21.3. The maximum Gasteiger partial charge on any atom is 0.248 e. The fourth-order valence-electron chi connectivity index (χ4n) is 6.47. The number of piperidine rings is 1. The molecule has 5 atom stereocenters. The molecule has 0 spiro atoms. The minimum absolute atomic E-state index is 0.280. The second-order valence-electron chi connectivity index (χ2n) is 10.7. The van der Waals surface area contributed by atoms with Crippen molar-refractivity contribution in [2.45, 2.75) is 62.7 Å². The summed E-state index contributed by atoms with van der Waals surface area (Å²) >= 11 is 0. The predicted octanol–water partition coefficient (Wildman–Crippen LogP) is 3.49. The van der Waals surface area contributed by atoms with Crippen LogP contribution in [0.15, 0.2) is 55.0 Å². The Bertz CT molecular complexity index is 1350. The van der Waals surface area contributed by atoms with E-state index in [2.05, 4.69) is 36.6 Å². The van der Waals surface area contributed by atoms with E-state index in [1.807, 2.05) is 36.5 Å². The van der Waals surface area contributed by atoms with Crippen molar-refractivity contribution in [1.29, 1.82) is 5.26 Å². The molecule has 0 radical (unpaired) electrons. The quantitative estimate of drug-likeness (QED) is 0.442. The second kappa shape index (κ2) is 10.4. The number of hydrogen-bond acceptors (Lipinski definition) is 8. The average Bonchev–Trinajstić information content (AvgIpc) is 3.55. The lowest BCUT2D eigenvalue weighted by Crippen LogP contribution is -2.56. The van der Waals surface area contributed by atoms with E-state index in [4.69, 9.17) is 11.0 Å². The number of pyridine rings is 1. The number of nitriles is 1. The van der Waals surface area contributed by atoms with Gasteiger partial charge in [-0.1, -0.05) is 25.0 Å². The van der Waals surface area contributed by atoms with Crippen LogP contribution in [0.5, 0.6) is 0 Å². The first kappa shape index (κ1) is 24.3. The Morgan fingerprint density at radius 2 is 1.79 bits per heavy atom. The lowest BCUT2D eigenvalue weighted by molar-refractivity contribution is 0.100. The van der Waals surface area contributed by atoms with E-state index in [1.54, 1.807) is 18.5 Å². The Labute approximate surface area is 222 Å². The highest BCUT2D eigenvalue weighted by Crippen LogP contribution is 2.40. The van der Waals surface area contributed by atoms with Gasteiger partial charge in [-0.05, 0) is 67.0 Å². The zero-order valence-electron chi connectivity index (χ0n) is 21.3. The van der Waals surface area contributed by atoms with Crippen molar-refractivity contribution in [3.8, 4) is 17.2 Å². The number of nitrogens with one attached hydrogen (secondary N) is 2. The van der Waals surface area contributed by atoms with Gasteiger partial charge in [0.2, 0.25) is 11.9 Å². The number of fused-ring (bicyclic) bond motifs is 2. The Morgan fingerprint density at radius 1 is 1.00 bits per heavy atom. The number of hydrogen-bond donors (Lipinski definition) is 3. The molecule has 3 heterocycles. The number of primary amides is 1. The smallest absolute Gasteiger partial charge is 0.248 e. The van der Waals surface area contributed by atoms with Crippen molar-refractivity contribution in [3.05, 3.63) is 66.1 Å². The first-order valence-electron chi connectivity index (χ1n) is 13.4. The van der Waals surface area contributed by atoms with Gasteiger partial charge in [0, 0.05) is 42.5 Å². The summed E-state index contributed by atoms with van der Waals surface area (Å²) in [6.07, 6.45) is 12.0. The van der Waals surface area contributed by atoms with Gasteiger partial charge in [-0.25, -0.2) is 15.0 Å². The van der Waals surface area contributed by atoms with Crippen LogP contribution in [0.1, 0.15) is 54.4 Å². The van der Waals surface area contributed by atoms with Gasteiger partial charge in [0.1, 0.15) is 11.9 Å². The van der Waals surface area contributed by atoms with Gasteiger partial charge in [-0.3, -0.25) is 4.79 Å². The molecule has 4 N–H and O–H groups in total. The second-order valence-corrected chi connectivity index (χ2v) is 10.7. The van der Waals surface area contributed by atoms with Crippen LogP contribution >= 0.6 is 0 Å². The molecule has 2 saturated carbocycles. The molecule has 5 unspecified atom stereocenters. The summed E-state index contributed by atoms with van der Waals surface area (Å²) in [5.74, 6) is 1.77. The molecule has 2 aromatic heterocycles. The number of carbonyl (C=O) groups is 1. The molecule has 1 aromatic carbocycles. The van der Waals surface area contributed by atoms with Crippen molar-refractivity contribution in [2.24, 2.45) is 11.7 Å². The van der Waals surface area contributed by atoms with Gasteiger partial charge < -0.3 is 21.3 Å². The van der Waals surface area contributed by atoms with E-state index in [0.29, 0.717) is 35.2 Å². The maximum atomic E-state index is 11.6. The van der Waals surface area contributed by atoms with E-state index in [-0.39, 0.29) is 6.04 Å². The molecule has 1 amide bonds. The number of carbonyl (C=O) groups excluding carboxylic acids is 1. The molecule has 6 rings (SSSR count). The highest BCUT2D eigenvalue weighted by molar-refractivity contribution is 5.94. The molecular weight excluding hydrogens is 476 g/mol. The van der Waals surface area contributed by atoms with Crippen molar-refractivity contribution >= 4 is 17.7 Å². The van der Waals surface area contributed by atoms with Gasteiger partial charge in [0.15, 0.2) is 0 Å². The number of nitrogens with two attached hydrogens (primary N) is 1. The van der Waals surface area contributed by atoms with Crippen LogP contribution in [0.4, 0.5) is 11.8 Å². The van der Waals surface area contributed by atoms with Crippen LogP contribution in [0.2, 0.25) is 0 Å². The van der Waals surface area contributed by atoms with E-state index in [0.717, 1.165) is 48.7 Å². The Kier molecular flexibility index (Phi) is 6.64. The topological polar surface area (TPSA) is 133 Å². The third-order valence-corrected chi connectivity index (χ3v) is 8.27. The fraction of sp³-hybridized carbons (Fsp3) is 0.414. The molecular formula is C29H32N8O. The van der Waals surface area contributed by atoms with Crippen LogP contribution < -0.4 is 21.3 Å². The highest BCUT2D eigenvalue weighted by atomic mass is 16.1. The first-order chi connectivity index (χ1) is 18.6. The molecule has 9 nitrogen and oxygen atoms in total. The summed E-state index contributed by atoms with van der Waals surface area (Å²) in [7, 11) is 0. The number of rotatable bonds is 7. The lowest BCUT2D eigenvalue weighted by atomic mass is 9.89. The van der Waals surface area contributed by atoms with E-state index < -0.39 is 5.91 Å². The summed E-state index contributed by atoms with van der Waals surface area (Å²) in [6, 6.07) is 14.9. The first-order valence-corrected chi connectivity index (χ1v) is 13.4. The standard InChI is InChI=1S/C29H32N8O/c30-14-19-15-33-29(34-16-19)37-17-18-10-25(26(37)11-18)35-23-6-1-2-7-24(23)36-27-13-21(8-9-32-27)20-4-3-5-22(12-20)28(31)38/h3-5,8-9,12-13,15-16,18,23-26,35H,1-2,6-7,10-11,17H2,(H2,31,38)(H,32,36). The van der Waals surface area contributed by atoms with Crippen LogP contribution in [-0.4, -0.2) is 51.6 Å². The van der Waals surface area contributed by atoms with Gasteiger partial charge in [-0.2, -0.15) is 5.26 Å². The Hall–Kier alpha value is -4.03. The van der Waals surface area contributed by atoms with Crippen LogP contribution in [0, 0.1) is 17.2 Å². The Morgan fingerprint density at radius 3 is 2.55 bits per heavy atom. The molecule has 38 heavy (non-hydrogen) atoms. The fourth-order valence-corrected chi connectivity index (χ4v) is 6.47. The van der Waals surface area contributed by atoms with Gasteiger partial charge in [0.05, 0.1) is 18.0 Å². The van der Waals surface area contributed by atoms with Gasteiger partial charge in [0.25, 0.3) is 0 Å². The summed E-state index contributed by atoms with van der Waals surface area (Å²) in [5, 5.41) is 16.8. The highest BCUT2D eigenvalue weighted by Gasteiger charge is 2.47. The minimum Gasteiger partial charge on any atom is -0.366 e. The number of anilines is 2. The molecule has 3 aromatic rings. The zero-order chi connectivity index (χ0) is 26.1. The largest absolute Gasteiger partial charge is 0.366 e. The summed E-state index contributed by atoms with van der Waals surface area (Å²) < 4.78 is 0. The van der Waals surface area contributed by atoms with Crippen LogP contribution in [0.25, 0.3) is 11.1 Å². The van der Waals surface area contributed by atoms with Crippen molar-refractivity contribution in [1.82, 2.24) is 20.3 Å². The monoisotopic (exact) mass is 508 g/mol. The molecule has 1 aliphatic heterocycles. The van der Waals surface area contributed by atoms with Crippen molar-refractivity contribution in [2.75, 3.05) is 16.8 Å². The predicted molar refractivity (Wildman–Crippen MR) is 145 cm³/mol. The van der Waals surface area contributed by atoms with Crippen LogP contribution in [0.3, 0.4) is 0 Å². The SMILES string of the molecule is N#Cc1cnc(N2CC3CC(NC4CCCCC4Nc4cc(-c5cccc(C(N)=O)c5)ccn4)C2C3)nc1. The third-order valence-electron chi connectivity index (χ3n) is 8.27. The van der Waals surface area contributed by atoms with E-state index in [9.17, 15) is 4.79 Å². The molecule has 3 fully saturated rings. The molecule has 194 valence electrons. The Balaban J connectivity index is 1.15. The summed E-state index contributed by atoms with van der Waals surface area (Å²) in [6.45, 7) is 0.981. The number of aromatic nitrogens is 3. The summed E-state index contributed by atoms with van der Waals surface area (Å²) in [5.41, 5.74) is 8.40. The molecule has 1 saturated heterocycles. The third kappa shape index (κ3) is 4.92. The molecule has 2 aliphatic carbocycles. The van der Waals surface area contributed by atoms with Crippen molar-refractivity contribution < 1.29 is 4.79 Å². The lowest BCUT2D eigenvalue weighted by Gasteiger charge is -2.40. The molecule has 2 bridgehead atoms. The molecule has 3 aliphatic rings. The molecule has 9 heteroatoms. The van der Waals surface area contributed by atoms with Gasteiger partial charge >= 0.3 is 0 Å². The minimum atomic E-state index is -0.430.